The molecule has 2 rings (SSSR count). The van der Waals surface area contributed by atoms with Crippen LogP contribution in [0, 0.1) is 0 Å². The van der Waals surface area contributed by atoms with E-state index in [0.717, 1.165) is 5.56 Å². The monoisotopic (exact) mass is 286 g/mol. The first-order valence-electron chi connectivity index (χ1n) is 6.69. The molecule has 0 spiro atoms. The summed E-state index contributed by atoms with van der Waals surface area (Å²) in [6.07, 6.45) is 0.991. The number of carbonyl (C=O) groups excluding carboxylic acids is 1. The summed E-state index contributed by atoms with van der Waals surface area (Å²) in [6, 6.07) is 14.9. The number of rotatable bonds is 6. The molecule has 0 aliphatic carbocycles. The van der Waals surface area contributed by atoms with Gasteiger partial charge in [-0.3, -0.25) is 4.79 Å². The molecule has 2 aromatic rings. The van der Waals surface area contributed by atoms with Gasteiger partial charge in [0.2, 0.25) is 0 Å². The van der Waals surface area contributed by atoms with Crippen molar-refractivity contribution in [3.8, 4) is 17.2 Å². The van der Waals surface area contributed by atoms with Crippen LogP contribution in [0.15, 0.2) is 48.5 Å². The second-order valence-corrected chi connectivity index (χ2v) is 4.48. The van der Waals surface area contributed by atoms with Crippen LogP contribution < -0.4 is 14.2 Å². The Morgan fingerprint density at radius 1 is 0.952 bits per heavy atom. The predicted octanol–water partition coefficient (Wildman–Crippen LogP) is 3.24. The summed E-state index contributed by atoms with van der Waals surface area (Å²) in [5.74, 6) is 1.31. The molecule has 0 unspecified atom stereocenters. The van der Waals surface area contributed by atoms with Crippen molar-refractivity contribution in [2.75, 3.05) is 14.2 Å². The third-order valence-electron chi connectivity index (χ3n) is 3.05. The topological polar surface area (TPSA) is 44.8 Å². The average Bonchev–Trinajstić information content (AvgIpc) is 2.53. The first-order valence-corrected chi connectivity index (χ1v) is 6.69. The summed E-state index contributed by atoms with van der Waals surface area (Å²) in [6.45, 7) is 0. The molecule has 0 saturated carbocycles. The third-order valence-corrected chi connectivity index (χ3v) is 3.05. The van der Waals surface area contributed by atoms with Crippen LogP contribution in [0.25, 0.3) is 0 Å². The highest BCUT2D eigenvalue weighted by atomic mass is 16.5. The number of hydrogen-bond donors (Lipinski definition) is 0. The molecular formula is C17H18O4. The summed E-state index contributed by atoms with van der Waals surface area (Å²) in [4.78, 5) is 11.8. The average molecular weight is 286 g/mol. The molecule has 0 radical (unpaired) electrons. The van der Waals surface area contributed by atoms with E-state index in [2.05, 4.69) is 0 Å². The van der Waals surface area contributed by atoms with E-state index in [-0.39, 0.29) is 5.97 Å². The van der Waals surface area contributed by atoms with Crippen LogP contribution in [-0.2, 0) is 11.2 Å². The van der Waals surface area contributed by atoms with Crippen LogP contribution in [0.2, 0.25) is 0 Å². The Labute approximate surface area is 124 Å². The highest BCUT2D eigenvalue weighted by Gasteiger charge is 2.09. The van der Waals surface area contributed by atoms with Gasteiger partial charge in [-0.05, 0) is 24.1 Å². The van der Waals surface area contributed by atoms with Gasteiger partial charge in [-0.2, -0.15) is 0 Å². The lowest BCUT2D eigenvalue weighted by Crippen LogP contribution is -2.09. The zero-order valence-corrected chi connectivity index (χ0v) is 12.2. The Balaban J connectivity index is 1.93. The smallest absolute Gasteiger partial charge is 0.311 e. The van der Waals surface area contributed by atoms with Gasteiger partial charge in [0.05, 0.1) is 14.2 Å². The summed E-state index contributed by atoms with van der Waals surface area (Å²) >= 11 is 0. The van der Waals surface area contributed by atoms with Crippen molar-refractivity contribution in [2.45, 2.75) is 12.8 Å². The zero-order chi connectivity index (χ0) is 15.1. The minimum Gasteiger partial charge on any atom is -0.493 e. The number of methoxy groups -OCH3 is 2. The maximum absolute atomic E-state index is 11.8. The van der Waals surface area contributed by atoms with Crippen LogP contribution in [0.1, 0.15) is 12.0 Å². The van der Waals surface area contributed by atoms with Crippen molar-refractivity contribution >= 4 is 5.97 Å². The second kappa shape index (κ2) is 7.33. The molecule has 0 aromatic heterocycles. The molecule has 0 fully saturated rings. The van der Waals surface area contributed by atoms with E-state index in [1.807, 2.05) is 30.3 Å². The molecule has 0 aliphatic heterocycles. The molecule has 4 nitrogen and oxygen atoms in total. The van der Waals surface area contributed by atoms with Crippen molar-refractivity contribution in [3.63, 3.8) is 0 Å². The third kappa shape index (κ3) is 4.24. The van der Waals surface area contributed by atoms with E-state index in [9.17, 15) is 4.79 Å². The normalized spacial score (nSPS) is 10.0. The fraction of sp³-hybridized carbons (Fsp3) is 0.235. The van der Waals surface area contributed by atoms with E-state index in [1.54, 1.807) is 32.4 Å². The van der Waals surface area contributed by atoms with Gasteiger partial charge in [-0.1, -0.05) is 30.3 Å². The molecule has 0 atom stereocenters. The molecule has 0 bridgehead atoms. The van der Waals surface area contributed by atoms with Crippen molar-refractivity contribution < 1.29 is 19.0 Å². The van der Waals surface area contributed by atoms with E-state index in [4.69, 9.17) is 14.2 Å². The minimum absolute atomic E-state index is 0.272. The molecule has 21 heavy (non-hydrogen) atoms. The molecule has 0 saturated heterocycles. The van der Waals surface area contributed by atoms with Gasteiger partial charge in [0.25, 0.3) is 0 Å². The summed E-state index contributed by atoms with van der Waals surface area (Å²) in [7, 11) is 3.10. The number of benzene rings is 2. The van der Waals surface area contributed by atoms with E-state index in [0.29, 0.717) is 30.1 Å². The summed E-state index contributed by atoms with van der Waals surface area (Å²) < 4.78 is 15.6. The number of ether oxygens (including phenoxy) is 3. The Bertz CT molecular complexity index is 593. The molecule has 0 amide bonds. The van der Waals surface area contributed by atoms with Crippen LogP contribution in [-0.4, -0.2) is 20.2 Å². The predicted molar refractivity (Wildman–Crippen MR) is 79.9 cm³/mol. The molecule has 0 heterocycles. The molecule has 4 heteroatoms. The Morgan fingerprint density at radius 3 is 2.33 bits per heavy atom. The Hall–Kier alpha value is -2.49. The van der Waals surface area contributed by atoms with Crippen LogP contribution in [0.5, 0.6) is 17.2 Å². The number of carbonyl (C=O) groups is 1. The van der Waals surface area contributed by atoms with E-state index < -0.39 is 0 Å². The van der Waals surface area contributed by atoms with Crippen molar-refractivity contribution in [3.05, 3.63) is 54.1 Å². The van der Waals surface area contributed by atoms with Gasteiger partial charge in [-0.25, -0.2) is 0 Å². The number of hydrogen-bond acceptors (Lipinski definition) is 4. The summed E-state index contributed by atoms with van der Waals surface area (Å²) in [5.41, 5.74) is 1.11. The molecule has 0 aliphatic rings. The SMILES string of the molecule is COc1ccc(OC(=O)CCc2ccccc2)cc1OC. The van der Waals surface area contributed by atoms with Gasteiger partial charge in [0.1, 0.15) is 5.75 Å². The maximum atomic E-state index is 11.8. The molecule has 110 valence electrons. The zero-order valence-electron chi connectivity index (χ0n) is 12.2. The van der Waals surface area contributed by atoms with E-state index >= 15 is 0 Å². The molecular weight excluding hydrogens is 268 g/mol. The first-order chi connectivity index (χ1) is 10.2. The highest BCUT2D eigenvalue weighted by Crippen LogP contribution is 2.31. The van der Waals surface area contributed by atoms with Gasteiger partial charge >= 0.3 is 5.97 Å². The fourth-order valence-electron chi connectivity index (χ4n) is 1.95. The largest absolute Gasteiger partial charge is 0.493 e. The lowest BCUT2D eigenvalue weighted by atomic mass is 10.1. The second-order valence-electron chi connectivity index (χ2n) is 4.48. The van der Waals surface area contributed by atoms with Crippen LogP contribution in [0.3, 0.4) is 0 Å². The van der Waals surface area contributed by atoms with Crippen LogP contribution >= 0.6 is 0 Å². The van der Waals surface area contributed by atoms with Gasteiger partial charge in [0.15, 0.2) is 11.5 Å². The van der Waals surface area contributed by atoms with E-state index in [1.165, 1.54) is 0 Å². The quantitative estimate of drug-likeness (QED) is 0.604. The first kappa shape index (κ1) is 14.9. The lowest BCUT2D eigenvalue weighted by Gasteiger charge is -2.09. The van der Waals surface area contributed by atoms with Gasteiger partial charge in [0, 0.05) is 12.5 Å². The van der Waals surface area contributed by atoms with Crippen molar-refractivity contribution in [1.29, 1.82) is 0 Å². The van der Waals surface area contributed by atoms with Gasteiger partial charge < -0.3 is 14.2 Å². The Morgan fingerprint density at radius 2 is 1.67 bits per heavy atom. The standard InChI is InChI=1S/C17H18O4/c1-19-15-10-9-14(12-16(15)20-2)21-17(18)11-8-13-6-4-3-5-7-13/h3-7,9-10,12H,8,11H2,1-2H3. The lowest BCUT2D eigenvalue weighted by molar-refractivity contribution is -0.134. The minimum atomic E-state index is -0.272. The number of aryl methyl sites for hydroxylation is 1. The summed E-state index contributed by atoms with van der Waals surface area (Å²) in [5, 5.41) is 0. The highest BCUT2D eigenvalue weighted by molar-refractivity contribution is 5.73. The van der Waals surface area contributed by atoms with Crippen LogP contribution in [0.4, 0.5) is 0 Å². The maximum Gasteiger partial charge on any atom is 0.311 e. The fourth-order valence-corrected chi connectivity index (χ4v) is 1.95. The Kier molecular flexibility index (Phi) is 5.21. The molecule has 2 aromatic carbocycles. The van der Waals surface area contributed by atoms with Gasteiger partial charge in [-0.15, -0.1) is 0 Å². The van der Waals surface area contributed by atoms with Crippen molar-refractivity contribution in [2.24, 2.45) is 0 Å². The number of esters is 1. The van der Waals surface area contributed by atoms with Crippen molar-refractivity contribution in [1.82, 2.24) is 0 Å². The molecule has 0 N–H and O–H groups in total.